The predicted octanol–water partition coefficient (Wildman–Crippen LogP) is 2.59. The van der Waals surface area contributed by atoms with Gasteiger partial charge in [-0.3, -0.25) is 24.3 Å². The highest BCUT2D eigenvalue weighted by molar-refractivity contribution is 6.10. The number of carbonyl (C=O) groups is 1. The number of methoxy groups -OCH3 is 1. The quantitative estimate of drug-likeness (QED) is 0.716. The van der Waals surface area contributed by atoms with Gasteiger partial charge in [-0.25, -0.2) is 0 Å². The lowest BCUT2D eigenvalue weighted by atomic mass is 10.1. The Morgan fingerprint density at radius 3 is 2.79 bits per heavy atom. The van der Waals surface area contributed by atoms with Gasteiger partial charge in [0.05, 0.1) is 48.9 Å². The Bertz CT molecular complexity index is 1080. The highest BCUT2D eigenvalue weighted by Gasteiger charge is 2.33. The van der Waals surface area contributed by atoms with E-state index in [1.165, 1.54) is 0 Å². The fraction of sp³-hybridized carbons (Fsp3) is 0.333. The van der Waals surface area contributed by atoms with Gasteiger partial charge in [0.25, 0.3) is 5.91 Å². The van der Waals surface area contributed by atoms with E-state index in [9.17, 15) is 9.90 Å². The van der Waals surface area contributed by atoms with Crippen LogP contribution in [0, 0.1) is 6.92 Å². The van der Waals surface area contributed by atoms with E-state index in [0.29, 0.717) is 35.9 Å². The van der Waals surface area contributed by atoms with E-state index in [-0.39, 0.29) is 5.91 Å². The number of ether oxygens (including phenoxy) is 1. The van der Waals surface area contributed by atoms with Crippen molar-refractivity contribution in [2.45, 2.75) is 39.5 Å². The molecule has 0 aliphatic carbocycles. The molecule has 4 rings (SSSR count). The number of anilines is 1. The topological polar surface area (TPSA) is 93.4 Å². The monoisotopic (exact) mass is 393 g/mol. The average Bonchev–Trinajstić information content (AvgIpc) is 3.24. The highest BCUT2D eigenvalue weighted by atomic mass is 16.5. The van der Waals surface area contributed by atoms with Crippen molar-refractivity contribution < 1.29 is 14.6 Å². The van der Waals surface area contributed by atoms with Crippen LogP contribution < -0.4 is 9.64 Å². The Kier molecular flexibility index (Phi) is 4.58. The van der Waals surface area contributed by atoms with Crippen LogP contribution in [0.2, 0.25) is 0 Å². The molecular weight excluding hydrogens is 370 g/mol. The minimum Gasteiger partial charge on any atom is -0.495 e. The van der Waals surface area contributed by atoms with Gasteiger partial charge < -0.3 is 9.84 Å². The van der Waals surface area contributed by atoms with Gasteiger partial charge in [-0.2, -0.15) is 5.10 Å². The summed E-state index contributed by atoms with van der Waals surface area (Å²) < 4.78 is 6.89. The first-order valence-corrected chi connectivity index (χ1v) is 9.33. The second-order valence-electron chi connectivity index (χ2n) is 7.83. The Labute approximate surface area is 168 Å². The molecule has 4 heterocycles. The summed E-state index contributed by atoms with van der Waals surface area (Å²) in [4.78, 5) is 23.5. The molecule has 150 valence electrons. The average molecular weight is 393 g/mol. The fourth-order valence-electron chi connectivity index (χ4n) is 3.48. The fourth-order valence-corrected chi connectivity index (χ4v) is 3.48. The number of carbonyl (C=O) groups excluding carboxylic acids is 1. The number of pyridine rings is 2. The summed E-state index contributed by atoms with van der Waals surface area (Å²) in [5, 5.41) is 14.4. The molecule has 29 heavy (non-hydrogen) atoms. The third kappa shape index (κ3) is 3.71. The molecule has 0 radical (unpaired) electrons. The molecule has 0 saturated carbocycles. The van der Waals surface area contributed by atoms with Crippen molar-refractivity contribution in [2.24, 2.45) is 0 Å². The maximum atomic E-state index is 13.0. The van der Waals surface area contributed by atoms with Crippen molar-refractivity contribution in [1.82, 2.24) is 19.7 Å². The molecule has 0 aromatic carbocycles. The van der Waals surface area contributed by atoms with E-state index < -0.39 is 5.60 Å². The Hall–Kier alpha value is -3.26. The van der Waals surface area contributed by atoms with Crippen LogP contribution in [0.3, 0.4) is 0 Å². The molecule has 0 spiro atoms. The minimum absolute atomic E-state index is 0.117. The van der Waals surface area contributed by atoms with Gasteiger partial charge in [-0.05, 0) is 38.5 Å². The second kappa shape index (κ2) is 6.97. The van der Waals surface area contributed by atoms with E-state index in [1.807, 2.05) is 19.1 Å². The van der Waals surface area contributed by atoms with Crippen molar-refractivity contribution in [3.8, 4) is 17.0 Å². The number of aliphatic hydroxyl groups is 1. The van der Waals surface area contributed by atoms with Crippen LogP contribution in [0.15, 0.2) is 36.8 Å². The summed E-state index contributed by atoms with van der Waals surface area (Å²) in [6.07, 6.45) is 5.12. The van der Waals surface area contributed by atoms with Gasteiger partial charge in [-0.15, -0.1) is 0 Å². The number of aromatic nitrogens is 4. The minimum atomic E-state index is -0.890. The van der Waals surface area contributed by atoms with Crippen LogP contribution >= 0.6 is 0 Å². The van der Waals surface area contributed by atoms with Crippen molar-refractivity contribution in [2.75, 3.05) is 12.0 Å². The summed E-state index contributed by atoms with van der Waals surface area (Å²) >= 11 is 0. The van der Waals surface area contributed by atoms with Crippen molar-refractivity contribution >= 4 is 11.7 Å². The number of fused-ring (bicyclic) bond motifs is 1. The van der Waals surface area contributed by atoms with Crippen LogP contribution in [-0.4, -0.2) is 43.5 Å². The molecule has 8 heteroatoms. The number of amides is 1. The van der Waals surface area contributed by atoms with E-state index in [1.54, 1.807) is 55.2 Å². The Morgan fingerprint density at radius 2 is 2.07 bits per heavy atom. The number of hydrogen-bond donors (Lipinski definition) is 1. The maximum Gasteiger partial charge on any atom is 0.262 e. The lowest BCUT2D eigenvalue weighted by Crippen LogP contribution is -2.27. The van der Waals surface area contributed by atoms with Gasteiger partial charge in [0, 0.05) is 24.0 Å². The Balaban J connectivity index is 1.65. The van der Waals surface area contributed by atoms with E-state index in [2.05, 4.69) is 10.1 Å². The summed E-state index contributed by atoms with van der Waals surface area (Å²) in [5.41, 5.74) is 2.87. The molecule has 0 bridgehead atoms. The lowest BCUT2D eigenvalue weighted by Gasteiger charge is -2.17. The van der Waals surface area contributed by atoms with Crippen molar-refractivity contribution in [3.05, 3.63) is 53.6 Å². The molecule has 1 aliphatic heterocycles. The molecule has 1 N–H and O–H groups in total. The van der Waals surface area contributed by atoms with Gasteiger partial charge in [0.2, 0.25) is 0 Å². The zero-order valence-corrected chi connectivity index (χ0v) is 16.9. The molecule has 0 fully saturated rings. The summed E-state index contributed by atoms with van der Waals surface area (Å²) in [6, 6.07) is 5.54. The first kappa shape index (κ1) is 19.1. The molecule has 0 unspecified atom stereocenters. The lowest BCUT2D eigenvalue weighted by molar-refractivity contribution is 0.0578. The molecule has 3 aromatic rings. The van der Waals surface area contributed by atoms with E-state index in [4.69, 9.17) is 9.72 Å². The smallest absolute Gasteiger partial charge is 0.262 e. The number of aryl methyl sites for hydroxylation is 1. The summed E-state index contributed by atoms with van der Waals surface area (Å²) in [5.74, 6) is 1.08. The Morgan fingerprint density at radius 1 is 1.28 bits per heavy atom. The maximum absolute atomic E-state index is 13.0. The normalized spacial score (nSPS) is 13.7. The predicted molar refractivity (Wildman–Crippen MR) is 108 cm³/mol. The largest absolute Gasteiger partial charge is 0.495 e. The van der Waals surface area contributed by atoms with Crippen LogP contribution in [0.5, 0.6) is 5.75 Å². The SMILES string of the molecule is COc1cncc(-c2cc(C)c3c(n2)CN(c2ccn(CC(C)(C)O)n2)C3=O)c1. The first-order valence-electron chi connectivity index (χ1n) is 9.33. The van der Waals surface area contributed by atoms with Crippen molar-refractivity contribution in [3.63, 3.8) is 0 Å². The van der Waals surface area contributed by atoms with E-state index in [0.717, 1.165) is 16.8 Å². The third-order valence-electron chi connectivity index (χ3n) is 4.76. The van der Waals surface area contributed by atoms with E-state index >= 15 is 0 Å². The van der Waals surface area contributed by atoms with Crippen LogP contribution in [0.25, 0.3) is 11.3 Å². The summed E-state index contributed by atoms with van der Waals surface area (Å²) in [7, 11) is 1.59. The molecule has 1 aliphatic rings. The second-order valence-corrected chi connectivity index (χ2v) is 7.83. The standard InChI is InChI=1S/C21H23N5O3/c1-13-7-16(14-8-15(29-4)10-22-9-14)23-17-11-26(20(27)19(13)17)18-5-6-25(24-18)12-21(2,3)28/h5-10,28H,11-12H2,1-4H3. The molecule has 0 atom stereocenters. The van der Waals surface area contributed by atoms with Crippen LogP contribution in [0.1, 0.15) is 35.5 Å². The van der Waals surface area contributed by atoms with Crippen LogP contribution in [0.4, 0.5) is 5.82 Å². The van der Waals surface area contributed by atoms with Crippen LogP contribution in [-0.2, 0) is 13.1 Å². The van der Waals surface area contributed by atoms with Gasteiger partial charge in [0.1, 0.15) is 5.75 Å². The third-order valence-corrected chi connectivity index (χ3v) is 4.76. The summed E-state index contributed by atoms with van der Waals surface area (Å²) in [6.45, 7) is 6.03. The van der Waals surface area contributed by atoms with Gasteiger partial charge in [0.15, 0.2) is 5.82 Å². The molecule has 3 aromatic heterocycles. The molecule has 8 nitrogen and oxygen atoms in total. The van der Waals surface area contributed by atoms with Crippen molar-refractivity contribution in [1.29, 1.82) is 0 Å². The number of rotatable bonds is 5. The number of nitrogens with zero attached hydrogens (tertiary/aromatic N) is 5. The highest BCUT2D eigenvalue weighted by Crippen LogP contribution is 2.31. The number of hydrogen-bond acceptors (Lipinski definition) is 6. The zero-order chi connectivity index (χ0) is 20.8. The van der Waals surface area contributed by atoms with Gasteiger partial charge >= 0.3 is 0 Å². The molecule has 0 saturated heterocycles. The zero-order valence-electron chi connectivity index (χ0n) is 16.9. The first-order chi connectivity index (χ1) is 13.7. The van der Waals surface area contributed by atoms with Gasteiger partial charge in [-0.1, -0.05) is 0 Å². The molecular formula is C21H23N5O3. The molecule has 1 amide bonds.